The summed E-state index contributed by atoms with van der Waals surface area (Å²) in [5.74, 6) is 5.43. The number of benzene rings is 1. The van der Waals surface area contributed by atoms with E-state index >= 15 is 0 Å². The van der Waals surface area contributed by atoms with Gasteiger partial charge in [0.2, 0.25) is 0 Å². The molecular formula is C6H7Cl2NO. The minimum absolute atomic E-state index is 0. The van der Waals surface area contributed by atoms with Crippen molar-refractivity contribution in [3.63, 3.8) is 0 Å². The summed E-state index contributed by atoms with van der Waals surface area (Å²) in [7, 11) is 0. The Kier molecular flexibility index (Phi) is 4.19. The molecule has 0 saturated carbocycles. The van der Waals surface area contributed by atoms with Crippen LogP contribution in [-0.2, 0) is 0 Å². The number of hydrogen-bond donors (Lipinski definition) is 1. The number of hydrogen-bond acceptors (Lipinski definition) is 2. The fraction of sp³-hybridized carbons (Fsp3) is 0. The van der Waals surface area contributed by atoms with E-state index in [0.29, 0.717) is 10.8 Å². The molecule has 0 aliphatic carbocycles. The van der Waals surface area contributed by atoms with Gasteiger partial charge in [-0.15, -0.1) is 12.4 Å². The van der Waals surface area contributed by atoms with E-state index in [9.17, 15) is 0 Å². The van der Waals surface area contributed by atoms with Gasteiger partial charge in [-0.05, 0) is 12.1 Å². The third kappa shape index (κ3) is 2.43. The van der Waals surface area contributed by atoms with Gasteiger partial charge in [0.15, 0.2) is 0 Å². The lowest BCUT2D eigenvalue weighted by Crippen LogP contribution is -2.00. The Labute approximate surface area is 70.3 Å². The molecule has 0 bridgehead atoms. The van der Waals surface area contributed by atoms with Crippen LogP contribution in [-0.4, -0.2) is 0 Å². The van der Waals surface area contributed by atoms with Crippen molar-refractivity contribution in [2.24, 2.45) is 5.90 Å². The maximum atomic E-state index is 5.59. The third-order valence-electron chi connectivity index (χ3n) is 0.932. The Morgan fingerprint density at radius 2 is 2.10 bits per heavy atom. The fourth-order valence-electron chi connectivity index (χ4n) is 0.540. The molecule has 0 spiro atoms. The zero-order valence-electron chi connectivity index (χ0n) is 5.08. The molecule has 0 saturated heterocycles. The van der Waals surface area contributed by atoms with Crippen LogP contribution in [0.15, 0.2) is 24.3 Å². The lowest BCUT2D eigenvalue weighted by Gasteiger charge is -1.95. The molecule has 4 heteroatoms. The van der Waals surface area contributed by atoms with Crippen molar-refractivity contribution in [3.8, 4) is 5.75 Å². The molecule has 0 aliphatic rings. The van der Waals surface area contributed by atoms with Crippen molar-refractivity contribution in [3.05, 3.63) is 29.3 Å². The summed E-state index contributed by atoms with van der Waals surface area (Å²) in [5, 5.41) is 0.623. The van der Waals surface area contributed by atoms with Crippen molar-refractivity contribution in [1.82, 2.24) is 0 Å². The zero-order chi connectivity index (χ0) is 6.69. The predicted molar refractivity (Wildman–Crippen MR) is 43.5 cm³/mol. The molecule has 2 N–H and O–H groups in total. The highest BCUT2D eigenvalue weighted by molar-refractivity contribution is 6.30. The highest BCUT2D eigenvalue weighted by Gasteiger charge is 1.89. The van der Waals surface area contributed by atoms with Gasteiger partial charge < -0.3 is 4.84 Å². The van der Waals surface area contributed by atoms with Crippen LogP contribution in [0, 0.1) is 0 Å². The smallest absolute Gasteiger partial charge is 0.148 e. The Balaban J connectivity index is 0.000000810. The summed E-state index contributed by atoms with van der Waals surface area (Å²) in [6, 6.07) is 6.89. The topological polar surface area (TPSA) is 35.2 Å². The summed E-state index contributed by atoms with van der Waals surface area (Å²) in [4.78, 5) is 4.41. The van der Waals surface area contributed by atoms with Gasteiger partial charge in [0.25, 0.3) is 0 Å². The molecule has 2 nitrogen and oxygen atoms in total. The van der Waals surface area contributed by atoms with Gasteiger partial charge >= 0.3 is 0 Å². The van der Waals surface area contributed by atoms with Crippen LogP contribution in [0.5, 0.6) is 5.75 Å². The molecule has 1 rings (SSSR count). The molecule has 56 valence electrons. The van der Waals surface area contributed by atoms with E-state index in [-0.39, 0.29) is 12.4 Å². The molecule has 0 atom stereocenters. The van der Waals surface area contributed by atoms with Crippen LogP contribution in [0.1, 0.15) is 0 Å². The van der Waals surface area contributed by atoms with Crippen molar-refractivity contribution in [1.29, 1.82) is 0 Å². The number of rotatable bonds is 1. The SMILES string of the molecule is Cl.NOc1cccc(Cl)c1. The monoisotopic (exact) mass is 179 g/mol. The number of halogens is 2. The van der Waals surface area contributed by atoms with E-state index in [4.69, 9.17) is 17.5 Å². The maximum absolute atomic E-state index is 5.59. The molecule has 1 aromatic rings. The van der Waals surface area contributed by atoms with Crippen LogP contribution in [0.25, 0.3) is 0 Å². The van der Waals surface area contributed by atoms with E-state index < -0.39 is 0 Å². The summed E-state index contributed by atoms with van der Waals surface area (Å²) in [6.45, 7) is 0. The van der Waals surface area contributed by atoms with Gasteiger partial charge in [0.05, 0.1) is 0 Å². The molecule has 1 aromatic carbocycles. The maximum Gasteiger partial charge on any atom is 0.148 e. The lowest BCUT2D eigenvalue weighted by molar-refractivity contribution is 0.334. The Morgan fingerprint density at radius 3 is 2.50 bits per heavy atom. The first-order valence-electron chi connectivity index (χ1n) is 2.45. The molecular weight excluding hydrogens is 173 g/mol. The average Bonchev–Trinajstić information content (AvgIpc) is 1.88. The van der Waals surface area contributed by atoms with Crippen LogP contribution < -0.4 is 10.7 Å². The molecule has 0 aromatic heterocycles. The minimum atomic E-state index is 0. The second kappa shape index (κ2) is 4.39. The second-order valence-corrected chi connectivity index (χ2v) is 2.01. The molecule has 0 amide bonds. The van der Waals surface area contributed by atoms with E-state index in [2.05, 4.69) is 4.84 Å². The number of nitrogens with two attached hydrogens (primary N) is 1. The standard InChI is InChI=1S/C6H6ClNO.ClH/c7-5-2-1-3-6(4-5)9-8;/h1-4H,8H2;1H. The first-order valence-corrected chi connectivity index (χ1v) is 2.83. The van der Waals surface area contributed by atoms with Crippen molar-refractivity contribution in [2.45, 2.75) is 0 Å². The second-order valence-electron chi connectivity index (χ2n) is 1.58. The van der Waals surface area contributed by atoms with Crippen molar-refractivity contribution in [2.75, 3.05) is 0 Å². The highest BCUT2D eigenvalue weighted by Crippen LogP contribution is 2.15. The van der Waals surface area contributed by atoms with E-state index in [1.807, 2.05) is 0 Å². The molecule has 10 heavy (non-hydrogen) atoms. The van der Waals surface area contributed by atoms with Gasteiger partial charge in [-0.2, -0.15) is 5.90 Å². The van der Waals surface area contributed by atoms with Gasteiger partial charge in [-0.3, -0.25) is 0 Å². The Morgan fingerprint density at radius 1 is 1.40 bits per heavy atom. The van der Waals surface area contributed by atoms with Crippen molar-refractivity contribution >= 4 is 24.0 Å². The average molecular weight is 180 g/mol. The molecule has 0 radical (unpaired) electrons. The summed E-state index contributed by atoms with van der Waals surface area (Å²) < 4.78 is 0. The lowest BCUT2D eigenvalue weighted by atomic mass is 10.3. The predicted octanol–water partition coefficient (Wildman–Crippen LogP) is 2.01. The summed E-state index contributed by atoms with van der Waals surface area (Å²) >= 11 is 5.59. The van der Waals surface area contributed by atoms with Crippen LogP contribution in [0.4, 0.5) is 0 Å². The quantitative estimate of drug-likeness (QED) is 0.671. The largest absolute Gasteiger partial charge is 0.411 e. The van der Waals surface area contributed by atoms with E-state index in [0.717, 1.165) is 0 Å². The van der Waals surface area contributed by atoms with Crippen molar-refractivity contribution < 1.29 is 4.84 Å². The van der Waals surface area contributed by atoms with Crippen LogP contribution in [0.3, 0.4) is 0 Å². The third-order valence-corrected chi connectivity index (χ3v) is 1.17. The Hall–Kier alpha value is -0.440. The normalized spacial score (nSPS) is 8.20. The minimum Gasteiger partial charge on any atom is -0.411 e. The summed E-state index contributed by atoms with van der Waals surface area (Å²) in [5.41, 5.74) is 0. The van der Waals surface area contributed by atoms with Crippen LogP contribution in [0.2, 0.25) is 5.02 Å². The summed E-state index contributed by atoms with van der Waals surface area (Å²) in [6.07, 6.45) is 0. The fourth-order valence-corrected chi connectivity index (χ4v) is 0.721. The van der Waals surface area contributed by atoms with Crippen LogP contribution >= 0.6 is 24.0 Å². The molecule has 0 fully saturated rings. The first kappa shape index (κ1) is 9.56. The van der Waals surface area contributed by atoms with E-state index in [1.54, 1.807) is 24.3 Å². The van der Waals surface area contributed by atoms with Gasteiger partial charge in [-0.1, -0.05) is 17.7 Å². The zero-order valence-corrected chi connectivity index (χ0v) is 6.65. The Bertz CT molecular complexity index is 205. The van der Waals surface area contributed by atoms with Gasteiger partial charge in [-0.25, -0.2) is 0 Å². The molecule has 0 heterocycles. The first-order chi connectivity index (χ1) is 4.33. The highest BCUT2D eigenvalue weighted by atomic mass is 35.5. The van der Waals surface area contributed by atoms with Gasteiger partial charge in [0, 0.05) is 11.1 Å². The van der Waals surface area contributed by atoms with Gasteiger partial charge in [0.1, 0.15) is 5.75 Å². The van der Waals surface area contributed by atoms with E-state index in [1.165, 1.54) is 0 Å². The molecule has 0 unspecified atom stereocenters. The molecule has 0 aliphatic heterocycles.